The molecule has 19 heavy (non-hydrogen) atoms. The average Bonchev–Trinajstić information content (AvgIpc) is 2.77. The third kappa shape index (κ3) is 2.50. The molecule has 3 aromatic heterocycles. The summed E-state index contributed by atoms with van der Waals surface area (Å²) in [6.45, 7) is 0.443. The summed E-state index contributed by atoms with van der Waals surface area (Å²) < 4.78 is 4.94. The van der Waals surface area contributed by atoms with Gasteiger partial charge >= 0.3 is 0 Å². The quantitative estimate of drug-likeness (QED) is 0.683. The lowest BCUT2D eigenvalue weighted by Gasteiger charge is -2.04. The van der Waals surface area contributed by atoms with E-state index in [1.807, 2.05) is 35.0 Å². The van der Waals surface area contributed by atoms with Crippen LogP contribution in [0.3, 0.4) is 0 Å². The highest BCUT2D eigenvalue weighted by Gasteiger charge is 2.06. The summed E-state index contributed by atoms with van der Waals surface area (Å²) in [4.78, 5) is 16.5. The van der Waals surface area contributed by atoms with Crippen LogP contribution in [0.15, 0.2) is 56.6 Å². The van der Waals surface area contributed by atoms with Crippen LogP contribution in [-0.4, -0.2) is 14.0 Å². The van der Waals surface area contributed by atoms with E-state index < -0.39 is 0 Å². The van der Waals surface area contributed by atoms with Crippen LogP contribution in [-0.2, 0) is 6.54 Å². The van der Waals surface area contributed by atoms with Gasteiger partial charge in [0.2, 0.25) is 0 Å². The van der Waals surface area contributed by atoms with Crippen LogP contribution in [0, 0.1) is 0 Å². The van der Waals surface area contributed by atoms with E-state index in [0.29, 0.717) is 11.0 Å². The van der Waals surface area contributed by atoms with Gasteiger partial charge in [-0.2, -0.15) is 0 Å². The molecule has 0 amide bonds. The largest absolute Gasteiger partial charge is 0.307 e. The summed E-state index contributed by atoms with van der Waals surface area (Å²) in [6.07, 6.45) is 5.62. The van der Waals surface area contributed by atoms with Crippen molar-refractivity contribution in [2.24, 2.45) is 0 Å². The molecule has 6 heteroatoms. The minimum absolute atomic E-state index is 0.0692. The molecule has 0 fully saturated rings. The molecule has 0 aromatic carbocycles. The first-order valence-electron chi connectivity index (χ1n) is 5.61. The Balaban J connectivity index is 2.03. The van der Waals surface area contributed by atoms with Gasteiger partial charge in [-0.05, 0) is 50.1 Å². The van der Waals surface area contributed by atoms with Crippen molar-refractivity contribution in [1.82, 2.24) is 14.0 Å². The summed E-state index contributed by atoms with van der Waals surface area (Å²) in [5.74, 6) is 0. The first-order chi connectivity index (χ1) is 9.13. The van der Waals surface area contributed by atoms with Crippen molar-refractivity contribution in [2.45, 2.75) is 6.54 Å². The van der Waals surface area contributed by atoms with Gasteiger partial charge in [-0.25, -0.2) is 4.98 Å². The lowest BCUT2D eigenvalue weighted by Crippen LogP contribution is -2.20. The Bertz CT molecular complexity index is 774. The molecule has 0 unspecified atom stereocenters. The number of aromatic nitrogens is 3. The van der Waals surface area contributed by atoms with Crippen molar-refractivity contribution < 1.29 is 0 Å². The summed E-state index contributed by atoms with van der Waals surface area (Å²) >= 11 is 6.64. The number of imidazole rings is 1. The Morgan fingerprint density at radius 3 is 2.84 bits per heavy atom. The minimum Gasteiger partial charge on any atom is -0.307 e. The van der Waals surface area contributed by atoms with Crippen LogP contribution in [0.1, 0.15) is 5.69 Å². The minimum atomic E-state index is -0.0692. The van der Waals surface area contributed by atoms with Gasteiger partial charge in [-0.15, -0.1) is 0 Å². The molecule has 3 rings (SSSR count). The molecule has 0 N–H and O–H groups in total. The molecule has 0 atom stereocenters. The van der Waals surface area contributed by atoms with Crippen molar-refractivity contribution in [3.8, 4) is 0 Å². The molecule has 0 spiro atoms. The number of rotatable bonds is 2. The third-order valence-electron chi connectivity index (χ3n) is 2.76. The van der Waals surface area contributed by atoms with E-state index in [0.717, 1.165) is 15.8 Å². The van der Waals surface area contributed by atoms with Crippen LogP contribution in [0.4, 0.5) is 0 Å². The number of hydrogen-bond donors (Lipinski definition) is 0. The molecule has 0 aliphatic rings. The highest BCUT2D eigenvalue weighted by molar-refractivity contribution is 9.11. The second-order valence-corrected chi connectivity index (χ2v) is 5.91. The lowest BCUT2D eigenvalue weighted by molar-refractivity contribution is 0.737. The zero-order valence-electron chi connectivity index (χ0n) is 9.75. The Kier molecular flexibility index (Phi) is 3.28. The van der Waals surface area contributed by atoms with E-state index in [4.69, 9.17) is 0 Å². The van der Waals surface area contributed by atoms with Gasteiger partial charge in [0.15, 0.2) is 0 Å². The zero-order chi connectivity index (χ0) is 13.4. The van der Waals surface area contributed by atoms with Gasteiger partial charge in [-0.1, -0.05) is 6.07 Å². The van der Waals surface area contributed by atoms with Gasteiger partial charge < -0.3 is 8.97 Å². The molecule has 0 saturated carbocycles. The number of halogens is 2. The predicted octanol–water partition coefficient (Wildman–Crippen LogP) is 3.07. The predicted molar refractivity (Wildman–Crippen MR) is 80.4 cm³/mol. The molecule has 0 saturated heterocycles. The summed E-state index contributed by atoms with van der Waals surface area (Å²) in [5, 5.41) is 0. The maximum atomic E-state index is 12.0. The van der Waals surface area contributed by atoms with Crippen molar-refractivity contribution in [3.05, 3.63) is 67.8 Å². The molecule has 4 nitrogen and oxygen atoms in total. The van der Waals surface area contributed by atoms with E-state index in [1.54, 1.807) is 16.8 Å². The summed E-state index contributed by atoms with van der Waals surface area (Å²) in [5.41, 5.74) is 1.65. The molecule has 0 aliphatic carbocycles. The van der Waals surface area contributed by atoms with E-state index in [9.17, 15) is 4.79 Å². The van der Waals surface area contributed by atoms with Crippen molar-refractivity contribution in [3.63, 3.8) is 0 Å². The molecule has 0 bridgehead atoms. The second kappa shape index (κ2) is 4.94. The van der Waals surface area contributed by atoms with Gasteiger partial charge in [0.1, 0.15) is 5.65 Å². The second-order valence-electron chi connectivity index (χ2n) is 4.14. The molecule has 0 radical (unpaired) electrons. The smallest absolute Gasteiger partial charge is 0.265 e. The molecule has 0 aliphatic heterocycles. The first kappa shape index (κ1) is 12.6. The lowest BCUT2D eigenvalue weighted by atomic mass is 10.4. The fraction of sp³-hybridized carbons (Fsp3) is 0.0769. The van der Waals surface area contributed by atoms with E-state index >= 15 is 0 Å². The Hall–Kier alpha value is -1.40. The molecule has 3 aromatic rings. The number of hydrogen-bond acceptors (Lipinski definition) is 2. The van der Waals surface area contributed by atoms with Crippen LogP contribution < -0.4 is 5.56 Å². The van der Waals surface area contributed by atoms with Gasteiger partial charge in [0, 0.05) is 23.1 Å². The van der Waals surface area contributed by atoms with Gasteiger partial charge in [-0.3, -0.25) is 4.79 Å². The van der Waals surface area contributed by atoms with Crippen LogP contribution in [0.25, 0.3) is 5.65 Å². The SMILES string of the molecule is O=c1c(Br)cc(Br)cn1Cc1cn2ccccc2n1. The number of nitrogens with zero attached hydrogens (tertiary/aromatic N) is 3. The topological polar surface area (TPSA) is 39.3 Å². The number of pyridine rings is 2. The molecule has 96 valence electrons. The normalized spacial score (nSPS) is 11.1. The molecule has 3 heterocycles. The van der Waals surface area contributed by atoms with Crippen LogP contribution >= 0.6 is 31.9 Å². The third-order valence-corrected chi connectivity index (χ3v) is 3.76. The molecular formula is C13H9Br2N3O. The average molecular weight is 383 g/mol. The zero-order valence-corrected chi connectivity index (χ0v) is 12.9. The van der Waals surface area contributed by atoms with Gasteiger partial charge in [0.05, 0.1) is 16.7 Å². The van der Waals surface area contributed by atoms with E-state index in [-0.39, 0.29) is 5.56 Å². The summed E-state index contributed by atoms with van der Waals surface area (Å²) in [6, 6.07) is 7.56. The fourth-order valence-electron chi connectivity index (χ4n) is 1.92. The Labute approximate surface area is 126 Å². The molecular weight excluding hydrogens is 374 g/mol. The van der Waals surface area contributed by atoms with Crippen molar-refractivity contribution in [1.29, 1.82) is 0 Å². The standard InChI is InChI=1S/C13H9Br2N3O/c14-9-5-11(15)13(19)18(6-9)8-10-7-17-4-2-1-3-12(17)16-10/h1-7H,8H2. The van der Waals surface area contributed by atoms with Crippen molar-refractivity contribution in [2.75, 3.05) is 0 Å². The van der Waals surface area contributed by atoms with Crippen LogP contribution in [0.2, 0.25) is 0 Å². The fourth-order valence-corrected chi connectivity index (χ4v) is 3.18. The van der Waals surface area contributed by atoms with E-state index in [1.165, 1.54) is 0 Å². The highest BCUT2D eigenvalue weighted by Crippen LogP contribution is 2.14. The van der Waals surface area contributed by atoms with E-state index in [2.05, 4.69) is 36.8 Å². The summed E-state index contributed by atoms with van der Waals surface area (Å²) in [7, 11) is 0. The Morgan fingerprint density at radius 1 is 1.21 bits per heavy atom. The van der Waals surface area contributed by atoms with Crippen LogP contribution in [0.5, 0.6) is 0 Å². The van der Waals surface area contributed by atoms with Crippen molar-refractivity contribution >= 4 is 37.5 Å². The first-order valence-corrected chi connectivity index (χ1v) is 7.20. The number of fused-ring (bicyclic) bond motifs is 1. The maximum Gasteiger partial charge on any atom is 0.265 e. The Morgan fingerprint density at radius 2 is 2.05 bits per heavy atom. The van der Waals surface area contributed by atoms with Gasteiger partial charge in [0.25, 0.3) is 5.56 Å². The maximum absolute atomic E-state index is 12.0. The monoisotopic (exact) mass is 381 g/mol. The highest BCUT2D eigenvalue weighted by atomic mass is 79.9.